The van der Waals surface area contributed by atoms with Gasteiger partial charge >= 0.3 is 0 Å². The zero-order valence-corrected chi connectivity index (χ0v) is 16.6. The number of rotatable bonds is 7. The Labute approximate surface area is 170 Å². The summed E-state index contributed by atoms with van der Waals surface area (Å²) >= 11 is 0. The highest BCUT2D eigenvalue weighted by Gasteiger charge is 2.30. The van der Waals surface area contributed by atoms with Gasteiger partial charge in [-0.1, -0.05) is 18.2 Å². The first-order valence-electron chi connectivity index (χ1n) is 9.99. The molecule has 156 valence electrons. The Bertz CT molecular complexity index is 782. The molecule has 9 heteroatoms. The Balaban J connectivity index is 1.48. The van der Waals surface area contributed by atoms with Gasteiger partial charge < -0.3 is 16.0 Å². The van der Waals surface area contributed by atoms with Gasteiger partial charge in [0.2, 0.25) is 11.7 Å². The number of nitrogens with zero attached hydrogens (tertiary/aromatic N) is 3. The fourth-order valence-corrected chi connectivity index (χ4v) is 3.58. The summed E-state index contributed by atoms with van der Waals surface area (Å²) in [6, 6.07) is 8.44. The molecule has 1 aromatic rings. The average molecular weight is 400 g/mol. The van der Waals surface area contributed by atoms with Gasteiger partial charge in [0.15, 0.2) is 0 Å². The quantitative estimate of drug-likeness (QED) is 0.558. The van der Waals surface area contributed by atoms with Gasteiger partial charge in [-0.2, -0.15) is 0 Å². The number of primary amides is 1. The zero-order chi connectivity index (χ0) is 20.8. The van der Waals surface area contributed by atoms with E-state index in [0.717, 1.165) is 32.4 Å². The minimum absolute atomic E-state index is 0.0814. The highest BCUT2D eigenvalue weighted by molar-refractivity contribution is 6.39. The smallest absolute Gasteiger partial charge is 0.288 e. The van der Waals surface area contributed by atoms with Crippen molar-refractivity contribution in [1.29, 1.82) is 0 Å². The molecule has 2 atom stereocenters. The summed E-state index contributed by atoms with van der Waals surface area (Å²) in [6.45, 7) is 4.55. The molecule has 0 saturated carbocycles. The summed E-state index contributed by atoms with van der Waals surface area (Å²) in [5.74, 6) is -0.772. The highest BCUT2D eigenvalue weighted by atomic mass is 16.2. The molecule has 0 bridgehead atoms. The SMILES string of the molecule is CC1N=C(C(=O)NCCCN2CCCC(C(N)=O)C2)NN(c2ccccc2)C1=O. The Morgan fingerprint density at radius 2 is 2.07 bits per heavy atom. The molecule has 0 spiro atoms. The molecular formula is C20H28N6O3. The standard InChI is InChI=1S/C20H28N6O3/c1-14-20(29)26(16-8-3-2-4-9-16)24-18(23-14)19(28)22-10-6-12-25-11-5-7-15(13-25)17(21)27/h2-4,8-9,14-15H,5-7,10-13H2,1H3,(H2,21,27)(H,22,28)(H,23,24). The van der Waals surface area contributed by atoms with Crippen LogP contribution in [-0.2, 0) is 14.4 Å². The number of hydrogen-bond acceptors (Lipinski definition) is 6. The number of aliphatic imine (C=N–C) groups is 1. The van der Waals surface area contributed by atoms with Crippen molar-refractivity contribution < 1.29 is 14.4 Å². The average Bonchev–Trinajstić information content (AvgIpc) is 2.73. The fraction of sp³-hybridized carbons (Fsp3) is 0.500. The van der Waals surface area contributed by atoms with E-state index in [4.69, 9.17) is 5.73 Å². The number of likely N-dealkylation sites (tertiary alicyclic amines) is 1. The number of piperidine rings is 1. The molecular weight excluding hydrogens is 372 g/mol. The van der Waals surface area contributed by atoms with Crippen LogP contribution in [0.3, 0.4) is 0 Å². The molecule has 3 amide bonds. The van der Waals surface area contributed by atoms with Crippen LogP contribution in [0.25, 0.3) is 0 Å². The normalized spacial score (nSPS) is 22.6. The molecule has 3 rings (SSSR count). The highest BCUT2D eigenvalue weighted by Crippen LogP contribution is 2.17. The first-order chi connectivity index (χ1) is 14.0. The maximum atomic E-state index is 12.5. The summed E-state index contributed by atoms with van der Waals surface area (Å²) in [6.07, 6.45) is 2.56. The van der Waals surface area contributed by atoms with E-state index in [1.165, 1.54) is 5.01 Å². The number of nitrogens with one attached hydrogen (secondary N) is 2. The van der Waals surface area contributed by atoms with Crippen LogP contribution in [0.4, 0.5) is 5.69 Å². The van der Waals surface area contributed by atoms with Gasteiger partial charge in [-0.05, 0) is 51.4 Å². The maximum absolute atomic E-state index is 12.5. The molecule has 1 saturated heterocycles. The summed E-state index contributed by atoms with van der Waals surface area (Å²) in [5.41, 5.74) is 8.88. The van der Waals surface area contributed by atoms with Crippen LogP contribution in [0.1, 0.15) is 26.2 Å². The second kappa shape index (κ2) is 9.51. The van der Waals surface area contributed by atoms with Crippen LogP contribution in [0.15, 0.2) is 35.3 Å². The Morgan fingerprint density at radius 1 is 1.31 bits per heavy atom. The van der Waals surface area contributed by atoms with E-state index >= 15 is 0 Å². The van der Waals surface area contributed by atoms with E-state index in [0.29, 0.717) is 18.8 Å². The summed E-state index contributed by atoms with van der Waals surface area (Å²) < 4.78 is 0. The second-order valence-electron chi connectivity index (χ2n) is 7.43. The van der Waals surface area contributed by atoms with Crippen LogP contribution in [0.2, 0.25) is 0 Å². The number of hydrogen-bond donors (Lipinski definition) is 3. The zero-order valence-electron chi connectivity index (χ0n) is 16.6. The van der Waals surface area contributed by atoms with Crippen LogP contribution in [-0.4, -0.2) is 60.7 Å². The van der Waals surface area contributed by atoms with Crippen LogP contribution in [0, 0.1) is 5.92 Å². The lowest BCUT2D eigenvalue weighted by atomic mass is 9.97. The van der Waals surface area contributed by atoms with Crippen LogP contribution < -0.4 is 21.5 Å². The third-order valence-electron chi connectivity index (χ3n) is 5.19. The van der Waals surface area contributed by atoms with Crippen molar-refractivity contribution >= 4 is 29.2 Å². The number of carbonyl (C=O) groups excluding carboxylic acids is 3. The maximum Gasteiger partial charge on any atom is 0.288 e. The van der Waals surface area contributed by atoms with Crippen molar-refractivity contribution in [2.75, 3.05) is 31.2 Å². The molecule has 1 aromatic carbocycles. The van der Waals surface area contributed by atoms with Gasteiger partial charge in [-0.25, -0.2) is 10.0 Å². The number of hydrazine groups is 1. The van der Waals surface area contributed by atoms with E-state index in [1.807, 2.05) is 18.2 Å². The summed E-state index contributed by atoms with van der Waals surface area (Å²) in [4.78, 5) is 42.6. The largest absolute Gasteiger partial charge is 0.369 e. The van der Waals surface area contributed by atoms with Crippen LogP contribution in [0.5, 0.6) is 0 Å². The van der Waals surface area contributed by atoms with E-state index in [9.17, 15) is 14.4 Å². The summed E-state index contributed by atoms with van der Waals surface area (Å²) in [7, 11) is 0. The van der Waals surface area contributed by atoms with Crippen molar-refractivity contribution in [3.8, 4) is 0 Å². The second-order valence-corrected chi connectivity index (χ2v) is 7.43. The first kappa shape index (κ1) is 20.8. The monoisotopic (exact) mass is 400 g/mol. The lowest BCUT2D eigenvalue weighted by Gasteiger charge is -2.31. The molecule has 29 heavy (non-hydrogen) atoms. The molecule has 0 aromatic heterocycles. The predicted molar refractivity (Wildman–Crippen MR) is 110 cm³/mol. The van der Waals surface area contributed by atoms with E-state index in [-0.39, 0.29) is 29.5 Å². The molecule has 2 heterocycles. The minimum atomic E-state index is -0.642. The molecule has 2 aliphatic heterocycles. The topological polar surface area (TPSA) is 120 Å². The number of benzene rings is 1. The van der Waals surface area contributed by atoms with Gasteiger partial charge in [-0.15, -0.1) is 0 Å². The first-order valence-corrected chi connectivity index (χ1v) is 9.99. The van der Waals surface area contributed by atoms with Crippen molar-refractivity contribution in [3.05, 3.63) is 30.3 Å². The Hall–Kier alpha value is -2.94. The molecule has 4 N–H and O–H groups in total. The number of amidine groups is 1. The van der Waals surface area contributed by atoms with Gasteiger partial charge in [0.05, 0.1) is 11.6 Å². The Kier molecular flexibility index (Phi) is 6.82. The fourth-order valence-electron chi connectivity index (χ4n) is 3.58. The van der Waals surface area contributed by atoms with Gasteiger partial charge in [0.1, 0.15) is 6.04 Å². The molecule has 1 fully saturated rings. The van der Waals surface area contributed by atoms with E-state index < -0.39 is 6.04 Å². The van der Waals surface area contributed by atoms with Crippen molar-refractivity contribution in [1.82, 2.24) is 15.6 Å². The predicted octanol–water partition coefficient (Wildman–Crippen LogP) is 0.0284. The molecule has 2 unspecified atom stereocenters. The van der Waals surface area contributed by atoms with Crippen molar-refractivity contribution in [2.45, 2.75) is 32.2 Å². The number of anilines is 1. The molecule has 9 nitrogen and oxygen atoms in total. The van der Waals surface area contributed by atoms with E-state index in [1.54, 1.807) is 19.1 Å². The van der Waals surface area contributed by atoms with Gasteiger partial charge in [0, 0.05) is 13.1 Å². The minimum Gasteiger partial charge on any atom is -0.369 e. The van der Waals surface area contributed by atoms with Crippen LogP contribution >= 0.6 is 0 Å². The number of amides is 3. The lowest BCUT2D eigenvalue weighted by molar-refractivity contribution is -0.123. The summed E-state index contributed by atoms with van der Waals surface area (Å²) in [5, 5.41) is 4.20. The van der Waals surface area contributed by atoms with Gasteiger partial charge in [0.25, 0.3) is 11.8 Å². The van der Waals surface area contributed by atoms with Crippen molar-refractivity contribution in [3.63, 3.8) is 0 Å². The number of para-hydroxylation sites is 1. The molecule has 0 radical (unpaired) electrons. The third kappa shape index (κ3) is 5.32. The number of carbonyl (C=O) groups is 3. The number of nitrogens with two attached hydrogens (primary N) is 1. The molecule has 0 aliphatic carbocycles. The molecule has 2 aliphatic rings. The lowest BCUT2D eigenvalue weighted by Crippen LogP contribution is -2.58. The van der Waals surface area contributed by atoms with Gasteiger partial charge in [-0.3, -0.25) is 19.8 Å². The third-order valence-corrected chi connectivity index (χ3v) is 5.19. The van der Waals surface area contributed by atoms with E-state index in [2.05, 4.69) is 20.6 Å². The van der Waals surface area contributed by atoms with Crippen molar-refractivity contribution in [2.24, 2.45) is 16.6 Å². The Morgan fingerprint density at radius 3 is 2.79 bits per heavy atom.